The molecule has 0 unspecified atom stereocenters. The molecule has 0 aliphatic carbocycles. The van der Waals surface area contributed by atoms with Gasteiger partial charge in [0.25, 0.3) is 0 Å². The molecule has 0 spiro atoms. The molecule has 1 fully saturated rings. The van der Waals surface area contributed by atoms with E-state index in [-0.39, 0.29) is 0 Å². The minimum absolute atomic E-state index is 0.473. The summed E-state index contributed by atoms with van der Waals surface area (Å²) in [5, 5.41) is 3.61. The Hall–Kier alpha value is -0.910. The molecule has 88 valence electrons. The van der Waals surface area contributed by atoms with Crippen LogP contribution >= 0.6 is 11.6 Å². The minimum Gasteiger partial charge on any atom is -0.354 e. The molecule has 0 saturated carbocycles. The first-order valence-corrected chi connectivity index (χ1v) is 5.55. The zero-order chi connectivity index (χ0) is 11.4. The van der Waals surface area contributed by atoms with E-state index in [4.69, 9.17) is 21.1 Å². The number of ether oxygens (including phenoxy) is 2. The normalized spacial score (nSPS) is 18.6. The van der Waals surface area contributed by atoms with Gasteiger partial charge >= 0.3 is 0 Å². The maximum atomic E-state index is 5.68. The molecule has 1 aliphatic heterocycles. The Labute approximate surface area is 99.1 Å². The fraction of sp³-hybridized carbons (Fsp3) is 0.600. The van der Waals surface area contributed by atoms with E-state index >= 15 is 0 Å². The van der Waals surface area contributed by atoms with Crippen molar-refractivity contribution in [2.75, 3.05) is 25.1 Å². The fourth-order valence-corrected chi connectivity index (χ4v) is 1.60. The summed E-state index contributed by atoms with van der Waals surface area (Å²) in [5.41, 5.74) is 0. The van der Waals surface area contributed by atoms with Gasteiger partial charge in [0.1, 0.15) is 0 Å². The minimum atomic E-state index is -0.473. The molecule has 2 heterocycles. The van der Waals surface area contributed by atoms with Crippen molar-refractivity contribution >= 4 is 17.5 Å². The number of rotatable bonds is 4. The number of nitrogens with zero attached hydrogens (tertiary/aromatic N) is 2. The molecule has 0 atom stereocenters. The Morgan fingerprint density at radius 3 is 2.62 bits per heavy atom. The highest BCUT2D eigenvalue weighted by atomic mass is 35.5. The predicted molar refractivity (Wildman–Crippen MR) is 60.5 cm³/mol. The topological polar surface area (TPSA) is 56.3 Å². The molecule has 1 aromatic rings. The van der Waals surface area contributed by atoms with E-state index in [1.54, 1.807) is 12.4 Å². The van der Waals surface area contributed by atoms with Crippen molar-refractivity contribution in [1.82, 2.24) is 9.97 Å². The summed E-state index contributed by atoms with van der Waals surface area (Å²) in [6.45, 7) is 3.95. The van der Waals surface area contributed by atoms with Crippen LogP contribution in [-0.2, 0) is 9.47 Å². The van der Waals surface area contributed by atoms with Gasteiger partial charge in [0.05, 0.1) is 30.6 Å². The van der Waals surface area contributed by atoms with Crippen LogP contribution in [0.4, 0.5) is 5.95 Å². The Bertz CT molecular complexity index is 338. The Kier molecular flexibility index (Phi) is 3.58. The third kappa shape index (κ3) is 3.04. The molecule has 1 N–H and O–H groups in total. The predicted octanol–water partition coefficient (Wildman–Crippen LogP) is 1.69. The van der Waals surface area contributed by atoms with E-state index < -0.39 is 5.79 Å². The molecular weight excluding hydrogens is 230 g/mol. The third-order valence-corrected chi connectivity index (χ3v) is 2.58. The average Bonchev–Trinajstić information content (AvgIpc) is 2.69. The van der Waals surface area contributed by atoms with Gasteiger partial charge in [0, 0.05) is 13.0 Å². The van der Waals surface area contributed by atoms with Gasteiger partial charge in [-0.3, -0.25) is 0 Å². The summed E-state index contributed by atoms with van der Waals surface area (Å²) in [7, 11) is 0. The molecule has 1 aliphatic rings. The lowest BCUT2D eigenvalue weighted by Crippen LogP contribution is -2.28. The van der Waals surface area contributed by atoms with Crippen molar-refractivity contribution in [3.8, 4) is 0 Å². The van der Waals surface area contributed by atoms with Crippen molar-refractivity contribution < 1.29 is 9.47 Å². The molecule has 2 rings (SSSR count). The first-order chi connectivity index (χ1) is 7.68. The van der Waals surface area contributed by atoms with E-state index in [1.165, 1.54) is 0 Å². The molecule has 0 aromatic carbocycles. The zero-order valence-corrected chi connectivity index (χ0v) is 9.83. The van der Waals surface area contributed by atoms with Gasteiger partial charge < -0.3 is 14.8 Å². The summed E-state index contributed by atoms with van der Waals surface area (Å²) < 4.78 is 10.9. The van der Waals surface area contributed by atoms with E-state index in [2.05, 4.69) is 15.3 Å². The Balaban J connectivity index is 1.77. The van der Waals surface area contributed by atoms with E-state index in [1.807, 2.05) is 6.92 Å². The molecule has 16 heavy (non-hydrogen) atoms. The second-order valence-electron chi connectivity index (χ2n) is 3.73. The molecule has 5 nitrogen and oxygen atoms in total. The number of hydrogen-bond donors (Lipinski definition) is 1. The van der Waals surface area contributed by atoms with Crippen LogP contribution < -0.4 is 5.32 Å². The standard InChI is InChI=1S/C10H14ClN3O2/c1-10(15-4-5-16-10)2-3-12-9-13-6-8(11)7-14-9/h6-7H,2-5H2,1H3,(H,12,13,14). The van der Waals surface area contributed by atoms with Crippen LogP contribution in [0.25, 0.3) is 0 Å². The smallest absolute Gasteiger partial charge is 0.222 e. The maximum absolute atomic E-state index is 5.68. The number of anilines is 1. The van der Waals surface area contributed by atoms with Gasteiger partial charge in [-0.05, 0) is 6.92 Å². The maximum Gasteiger partial charge on any atom is 0.222 e. The molecule has 1 aromatic heterocycles. The molecule has 1 saturated heterocycles. The Morgan fingerprint density at radius 2 is 2.00 bits per heavy atom. The van der Waals surface area contributed by atoms with Gasteiger partial charge in [-0.15, -0.1) is 0 Å². The van der Waals surface area contributed by atoms with Crippen molar-refractivity contribution in [3.05, 3.63) is 17.4 Å². The van der Waals surface area contributed by atoms with Crippen LogP contribution in [0.2, 0.25) is 5.02 Å². The first-order valence-electron chi connectivity index (χ1n) is 5.17. The highest BCUT2D eigenvalue weighted by Crippen LogP contribution is 2.22. The lowest BCUT2D eigenvalue weighted by molar-refractivity contribution is -0.144. The van der Waals surface area contributed by atoms with Crippen LogP contribution in [0, 0.1) is 0 Å². The molecule has 0 radical (unpaired) electrons. The summed E-state index contributed by atoms with van der Waals surface area (Å²) >= 11 is 5.68. The lowest BCUT2D eigenvalue weighted by atomic mass is 10.2. The molecule has 0 amide bonds. The van der Waals surface area contributed by atoms with Crippen LogP contribution in [0.1, 0.15) is 13.3 Å². The summed E-state index contributed by atoms with van der Waals surface area (Å²) in [4.78, 5) is 8.06. The number of hydrogen-bond acceptors (Lipinski definition) is 5. The summed E-state index contributed by atoms with van der Waals surface area (Å²) in [6, 6.07) is 0. The fourth-order valence-electron chi connectivity index (χ4n) is 1.51. The molecular formula is C10H14ClN3O2. The van der Waals surface area contributed by atoms with Gasteiger partial charge in [0.2, 0.25) is 5.95 Å². The largest absolute Gasteiger partial charge is 0.354 e. The number of halogens is 1. The first kappa shape index (κ1) is 11.6. The van der Waals surface area contributed by atoms with Crippen LogP contribution in [0.15, 0.2) is 12.4 Å². The van der Waals surface area contributed by atoms with Crippen molar-refractivity contribution in [2.45, 2.75) is 19.1 Å². The van der Waals surface area contributed by atoms with Crippen molar-refractivity contribution in [2.24, 2.45) is 0 Å². The second kappa shape index (κ2) is 4.95. The van der Waals surface area contributed by atoms with Gasteiger partial charge in [-0.2, -0.15) is 0 Å². The van der Waals surface area contributed by atoms with Crippen molar-refractivity contribution in [3.63, 3.8) is 0 Å². The van der Waals surface area contributed by atoms with Crippen LogP contribution in [0.5, 0.6) is 0 Å². The SMILES string of the molecule is CC1(CCNc2ncc(Cl)cn2)OCCO1. The second-order valence-corrected chi connectivity index (χ2v) is 4.17. The van der Waals surface area contributed by atoms with Gasteiger partial charge in [-0.25, -0.2) is 9.97 Å². The summed E-state index contributed by atoms with van der Waals surface area (Å²) in [6.07, 6.45) is 3.86. The quantitative estimate of drug-likeness (QED) is 0.872. The number of nitrogens with one attached hydrogen (secondary N) is 1. The van der Waals surface area contributed by atoms with Crippen molar-refractivity contribution in [1.29, 1.82) is 0 Å². The lowest BCUT2D eigenvalue weighted by Gasteiger charge is -2.21. The van der Waals surface area contributed by atoms with Crippen LogP contribution in [-0.4, -0.2) is 35.5 Å². The highest BCUT2D eigenvalue weighted by Gasteiger charge is 2.30. The molecule has 6 heteroatoms. The van der Waals surface area contributed by atoms with E-state index in [0.717, 1.165) is 6.42 Å². The van der Waals surface area contributed by atoms with E-state index in [9.17, 15) is 0 Å². The van der Waals surface area contributed by atoms with Crippen LogP contribution in [0.3, 0.4) is 0 Å². The molecule has 0 bridgehead atoms. The average molecular weight is 244 g/mol. The summed E-state index contributed by atoms with van der Waals surface area (Å²) in [5.74, 6) is 0.0883. The van der Waals surface area contributed by atoms with E-state index in [0.29, 0.717) is 30.7 Å². The monoisotopic (exact) mass is 243 g/mol. The highest BCUT2D eigenvalue weighted by molar-refractivity contribution is 6.30. The number of aromatic nitrogens is 2. The Morgan fingerprint density at radius 1 is 1.38 bits per heavy atom. The third-order valence-electron chi connectivity index (χ3n) is 2.38. The van der Waals surface area contributed by atoms with Gasteiger partial charge in [0.15, 0.2) is 5.79 Å². The zero-order valence-electron chi connectivity index (χ0n) is 9.07. The van der Waals surface area contributed by atoms with Gasteiger partial charge in [-0.1, -0.05) is 11.6 Å².